The van der Waals surface area contributed by atoms with Crippen molar-refractivity contribution in [2.75, 3.05) is 0 Å². The molecule has 0 aliphatic heterocycles. The molecule has 0 aliphatic carbocycles. The summed E-state index contributed by atoms with van der Waals surface area (Å²) in [7, 11) is 0. The second-order valence-electron chi connectivity index (χ2n) is 3.95. The van der Waals surface area contributed by atoms with E-state index in [4.69, 9.17) is 9.52 Å². The van der Waals surface area contributed by atoms with Crippen LogP contribution in [-0.4, -0.2) is 21.0 Å². The summed E-state index contributed by atoms with van der Waals surface area (Å²) in [5.41, 5.74) is 1.32. The van der Waals surface area contributed by atoms with Crippen LogP contribution >= 0.6 is 0 Å². The fourth-order valence-electron chi connectivity index (χ4n) is 1.76. The average Bonchev–Trinajstić information content (AvgIpc) is 2.81. The summed E-state index contributed by atoms with van der Waals surface area (Å²) in [4.78, 5) is 28.8. The molecule has 0 saturated heterocycles. The van der Waals surface area contributed by atoms with Crippen LogP contribution in [0.2, 0.25) is 0 Å². The second kappa shape index (κ2) is 4.09. The van der Waals surface area contributed by atoms with Gasteiger partial charge in [0.15, 0.2) is 5.58 Å². The number of hydrogen-bond donors (Lipinski definition) is 2. The van der Waals surface area contributed by atoms with Gasteiger partial charge in [0.2, 0.25) is 11.4 Å². The third kappa shape index (κ3) is 1.99. The zero-order chi connectivity index (χ0) is 13.4. The molecule has 3 rings (SSSR count). The number of aromatic amines is 1. The number of nitrogens with one attached hydrogen (secondary N) is 1. The van der Waals surface area contributed by atoms with Crippen LogP contribution in [0, 0.1) is 0 Å². The number of pyridine rings is 1. The first kappa shape index (κ1) is 11.2. The summed E-state index contributed by atoms with van der Waals surface area (Å²) in [6.45, 7) is 0. The maximum atomic E-state index is 11.2. The van der Waals surface area contributed by atoms with Crippen molar-refractivity contribution in [1.29, 1.82) is 0 Å². The predicted octanol–water partition coefficient (Wildman–Crippen LogP) is 1.88. The highest BCUT2D eigenvalue weighted by Gasteiger charge is 2.11. The van der Waals surface area contributed by atoms with E-state index in [1.54, 1.807) is 12.1 Å². The lowest BCUT2D eigenvalue weighted by Gasteiger charge is -1.92. The van der Waals surface area contributed by atoms with Gasteiger partial charge in [-0.05, 0) is 24.3 Å². The van der Waals surface area contributed by atoms with E-state index in [0.29, 0.717) is 16.7 Å². The highest BCUT2D eigenvalue weighted by Crippen LogP contribution is 2.23. The van der Waals surface area contributed by atoms with Crippen molar-refractivity contribution < 1.29 is 14.3 Å². The number of carbonyl (C=O) groups is 1. The number of fused-ring (bicyclic) bond motifs is 1. The zero-order valence-corrected chi connectivity index (χ0v) is 9.58. The molecule has 94 valence electrons. The molecule has 0 atom stereocenters. The Balaban J connectivity index is 2.16. The van der Waals surface area contributed by atoms with E-state index in [0.717, 1.165) is 0 Å². The molecule has 0 fully saturated rings. The number of carboxylic acid groups (broad SMARTS) is 1. The highest BCUT2D eigenvalue weighted by molar-refractivity contribution is 5.92. The Morgan fingerprint density at radius 2 is 2.11 bits per heavy atom. The predicted molar refractivity (Wildman–Crippen MR) is 67.0 cm³/mol. The van der Waals surface area contributed by atoms with Crippen molar-refractivity contribution in [2.24, 2.45) is 0 Å². The third-order valence-electron chi connectivity index (χ3n) is 2.66. The molecule has 0 bridgehead atoms. The lowest BCUT2D eigenvalue weighted by molar-refractivity contribution is 0.0697. The number of rotatable bonds is 2. The van der Waals surface area contributed by atoms with Gasteiger partial charge in [0, 0.05) is 17.8 Å². The Morgan fingerprint density at radius 1 is 1.26 bits per heavy atom. The minimum Gasteiger partial charge on any atom is -0.478 e. The van der Waals surface area contributed by atoms with Crippen molar-refractivity contribution in [1.82, 2.24) is 9.97 Å². The molecule has 0 unspecified atom stereocenters. The van der Waals surface area contributed by atoms with Gasteiger partial charge in [-0.3, -0.25) is 4.79 Å². The van der Waals surface area contributed by atoms with Gasteiger partial charge in [-0.2, -0.15) is 0 Å². The standard InChI is InChI=1S/C13H8N2O4/c16-11-6-7(3-4-14-11)12-15-9-2-1-8(13(17)18)5-10(9)19-12/h1-6H,(H,14,16)(H,17,18). The van der Waals surface area contributed by atoms with E-state index >= 15 is 0 Å². The lowest BCUT2D eigenvalue weighted by atomic mass is 10.2. The van der Waals surface area contributed by atoms with Crippen LogP contribution in [0.25, 0.3) is 22.6 Å². The number of carboxylic acids is 1. The molecule has 2 heterocycles. The number of H-pyrrole nitrogens is 1. The van der Waals surface area contributed by atoms with E-state index in [2.05, 4.69) is 9.97 Å². The van der Waals surface area contributed by atoms with Gasteiger partial charge in [0.1, 0.15) is 5.52 Å². The second-order valence-corrected chi connectivity index (χ2v) is 3.95. The van der Waals surface area contributed by atoms with Crippen LogP contribution < -0.4 is 5.56 Å². The van der Waals surface area contributed by atoms with Gasteiger partial charge in [-0.15, -0.1) is 0 Å². The minimum atomic E-state index is -1.03. The molecule has 0 saturated carbocycles. The number of aromatic nitrogens is 2. The Labute approximate surface area is 106 Å². The third-order valence-corrected chi connectivity index (χ3v) is 2.66. The van der Waals surface area contributed by atoms with Crippen molar-refractivity contribution in [2.45, 2.75) is 0 Å². The summed E-state index contributed by atoms with van der Waals surface area (Å²) in [6, 6.07) is 7.45. The lowest BCUT2D eigenvalue weighted by Crippen LogP contribution is -2.01. The van der Waals surface area contributed by atoms with Gasteiger partial charge >= 0.3 is 5.97 Å². The van der Waals surface area contributed by atoms with Crippen LogP contribution in [0.5, 0.6) is 0 Å². The molecule has 0 spiro atoms. The van der Waals surface area contributed by atoms with Crippen LogP contribution in [0.4, 0.5) is 0 Å². The summed E-state index contributed by atoms with van der Waals surface area (Å²) < 4.78 is 5.47. The number of nitrogens with zero attached hydrogens (tertiary/aromatic N) is 1. The molecular weight excluding hydrogens is 248 g/mol. The van der Waals surface area contributed by atoms with Crippen LogP contribution in [0.1, 0.15) is 10.4 Å². The topological polar surface area (TPSA) is 96.2 Å². The van der Waals surface area contributed by atoms with E-state index in [1.807, 2.05) is 0 Å². The summed E-state index contributed by atoms with van der Waals surface area (Å²) in [5.74, 6) is -0.750. The highest BCUT2D eigenvalue weighted by atomic mass is 16.4. The smallest absolute Gasteiger partial charge is 0.335 e. The van der Waals surface area contributed by atoms with E-state index in [-0.39, 0.29) is 17.0 Å². The number of hydrogen-bond acceptors (Lipinski definition) is 4. The monoisotopic (exact) mass is 256 g/mol. The van der Waals surface area contributed by atoms with E-state index < -0.39 is 5.97 Å². The van der Waals surface area contributed by atoms with Gasteiger partial charge < -0.3 is 14.5 Å². The molecule has 1 aromatic carbocycles. The number of benzene rings is 1. The Morgan fingerprint density at radius 3 is 2.84 bits per heavy atom. The summed E-state index contributed by atoms with van der Waals surface area (Å²) >= 11 is 0. The average molecular weight is 256 g/mol. The van der Waals surface area contributed by atoms with Crippen LogP contribution in [0.15, 0.2) is 45.7 Å². The molecule has 6 heteroatoms. The Kier molecular flexibility index (Phi) is 2.42. The first-order chi connectivity index (χ1) is 9.13. The van der Waals surface area contributed by atoms with Crippen molar-refractivity contribution in [3.63, 3.8) is 0 Å². The normalized spacial score (nSPS) is 10.7. The number of aromatic carboxylic acids is 1. The van der Waals surface area contributed by atoms with Crippen LogP contribution in [0.3, 0.4) is 0 Å². The maximum absolute atomic E-state index is 11.2. The van der Waals surface area contributed by atoms with Crippen molar-refractivity contribution in [3.05, 3.63) is 52.4 Å². The quantitative estimate of drug-likeness (QED) is 0.729. The molecule has 2 aromatic heterocycles. The first-order valence-corrected chi connectivity index (χ1v) is 5.46. The SMILES string of the molecule is O=C(O)c1ccc2nc(-c3cc[nH]c(=O)c3)oc2c1. The van der Waals surface area contributed by atoms with Crippen LogP contribution in [-0.2, 0) is 0 Å². The molecule has 0 aliphatic rings. The van der Waals surface area contributed by atoms with Gasteiger partial charge in [0.05, 0.1) is 5.56 Å². The summed E-state index contributed by atoms with van der Waals surface area (Å²) in [6.07, 6.45) is 1.50. The molecular formula is C13H8N2O4. The van der Waals surface area contributed by atoms with Gasteiger partial charge in [-0.1, -0.05) is 0 Å². The fraction of sp³-hybridized carbons (Fsp3) is 0. The molecule has 19 heavy (non-hydrogen) atoms. The van der Waals surface area contributed by atoms with E-state index in [1.165, 1.54) is 24.4 Å². The minimum absolute atomic E-state index is 0.126. The molecule has 0 radical (unpaired) electrons. The molecule has 6 nitrogen and oxygen atoms in total. The van der Waals surface area contributed by atoms with Gasteiger partial charge in [-0.25, -0.2) is 9.78 Å². The maximum Gasteiger partial charge on any atom is 0.335 e. The van der Waals surface area contributed by atoms with E-state index in [9.17, 15) is 9.59 Å². The van der Waals surface area contributed by atoms with Crippen molar-refractivity contribution in [3.8, 4) is 11.5 Å². The molecule has 3 aromatic rings. The largest absolute Gasteiger partial charge is 0.478 e. The van der Waals surface area contributed by atoms with Crippen molar-refractivity contribution >= 4 is 17.1 Å². The Bertz CT molecular complexity index is 832. The zero-order valence-electron chi connectivity index (χ0n) is 9.58. The fourth-order valence-corrected chi connectivity index (χ4v) is 1.76. The first-order valence-electron chi connectivity index (χ1n) is 5.46. The Hall–Kier alpha value is -2.89. The molecule has 0 amide bonds. The number of oxazole rings is 1. The summed E-state index contributed by atoms with van der Waals surface area (Å²) in [5, 5.41) is 8.90. The van der Waals surface area contributed by atoms with Gasteiger partial charge in [0.25, 0.3) is 0 Å². The molecule has 2 N–H and O–H groups in total.